The molecule has 6 nitrogen and oxygen atoms in total. The highest BCUT2D eigenvalue weighted by Crippen LogP contribution is 2.21. The van der Waals surface area contributed by atoms with Crippen molar-refractivity contribution in [3.63, 3.8) is 0 Å². The first-order chi connectivity index (χ1) is 15.2. The van der Waals surface area contributed by atoms with Gasteiger partial charge < -0.3 is 19.9 Å². The Morgan fingerprint density at radius 1 is 0.969 bits per heavy atom. The maximum Gasteiger partial charge on any atom is 0.263 e. The van der Waals surface area contributed by atoms with Gasteiger partial charge in [0.15, 0.2) is 6.10 Å². The fourth-order valence-corrected chi connectivity index (χ4v) is 3.87. The number of piperidine rings is 1. The lowest BCUT2D eigenvalue weighted by Gasteiger charge is -2.34. The number of carbonyl (C=O) groups is 2. The smallest absolute Gasteiger partial charge is 0.263 e. The van der Waals surface area contributed by atoms with Crippen molar-refractivity contribution in [1.82, 2.24) is 10.2 Å². The highest BCUT2D eigenvalue weighted by Gasteiger charge is 2.28. The van der Waals surface area contributed by atoms with Gasteiger partial charge in [0.25, 0.3) is 11.8 Å². The van der Waals surface area contributed by atoms with Gasteiger partial charge in [-0.3, -0.25) is 9.59 Å². The summed E-state index contributed by atoms with van der Waals surface area (Å²) in [5.74, 6) is 1.09. The fraction of sp³-hybridized carbons (Fsp3) is 0.462. The van der Waals surface area contributed by atoms with E-state index in [2.05, 4.69) is 19.2 Å². The molecule has 3 rings (SSSR count). The molecular formula is C26H35N3O3. The summed E-state index contributed by atoms with van der Waals surface area (Å²) >= 11 is 0. The zero-order valence-electron chi connectivity index (χ0n) is 19.8. The number of nitrogens with zero attached hydrogens (tertiary/aromatic N) is 2. The first-order valence-corrected chi connectivity index (χ1v) is 11.4. The van der Waals surface area contributed by atoms with Crippen molar-refractivity contribution in [2.24, 2.45) is 0 Å². The van der Waals surface area contributed by atoms with E-state index in [-0.39, 0.29) is 17.9 Å². The lowest BCUT2D eigenvalue weighted by Crippen LogP contribution is -2.49. The molecule has 1 saturated heterocycles. The number of likely N-dealkylation sites (tertiary alicyclic amines) is 1. The second-order valence-corrected chi connectivity index (χ2v) is 9.00. The van der Waals surface area contributed by atoms with Crippen molar-refractivity contribution in [3.05, 3.63) is 59.7 Å². The monoisotopic (exact) mass is 437 g/mol. The van der Waals surface area contributed by atoms with E-state index in [0.717, 1.165) is 18.5 Å². The largest absolute Gasteiger partial charge is 0.481 e. The van der Waals surface area contributed by atoms with Gasteiger partial charge in [0, 0.05) is 44.5 Å². The van der Waals surface area contributed by atoms with Crippen LogP contribution < -0.4 is 15.0 Å². The number of anilines is 1. The second kappa shape index (κ2) is 10.5. The SMILES string of the molecule is CC(Oc1ccc(C(C)C)cc1)C(=O)N1CCC(NC(=O)c2ccc(N(C)C)cc2)CC1. The molecule has 6 heteroatoms. The molecule has 32 heavy (non-hydrogen) atoms. The molecule has 2 amide bonds. The molecule has 0 bridgehead atoms. The van der Waals surface area contributed by atoms with E-state index < -0.39 is 6.10 Å². The molecule has 1 fully saturated rings. The summed E-state index contributed by atoms with van der Waals surface area (Å²) in [4.78, 5) is 29.2. The van der Waals surface area contributed by atoms with Gasteiger partial charge >= 0.3 is 0 Å². The number of nitrogens with one attached hydrogen (secondary N) is 1. The molecule has 0 saturated carbocycles. The lowest BCUT2D eigenvalue weighted by molar-refractivity contribution is -0.139. The molecule has 1 N–H and O–H groups in total. The van der Waals surface area contributed by atoms with Crippen molar-refractivity contribution in [1.29, 1.82) is 0 Å². The average molecular weight is 438 g/mol. The average Bonchev–Trinajstić information content (AvgIpc) is 2.79. The molecule has 1 heterocycles. The second-order valence-electron chi connectivity index (χ2n) is 9.00. The van der Waals surface area contributed by atoms with Crippen LogP contribution in [-0.4, -0.2) is 56.0 Å². The zero-order chi connectivity index (χ0) is 23.3. The Kier molecular flexibility index (Phi) is 7.78. The van der Waals surface area contributed by atoms with Gasteiger partial charge in [-0.15, -0.1) is 0 Å². The van der Waals surface area contributed by atoms with E-state index in [1.807, 2.05) is 72.4 Å². The summed E-state index contributed by atoms with van der Waals surface area (Å²) in [7, 11) is 3.94. The van der Waals surface area contributed by atoms with Crippen molar-refractivity contribution < 1.29 is 14.3 Å². The van der Waals surface area contributed by atoms with E-state index in [1.54, 1.807) is 6.92 Å². The Bertz CT molecular complexity index is 899. The van der Waals surface area contributed by atoms with Crippen LogP contribution in [0.15, 0.2) is 48.5 Å². The first kappa shape index (κ1) is 23.6. The molecule has 1 unspecified atom stereocenters. The molecular weight excluding hydrogens is 402 g/mol. The minimum absolute atomic E-state index is 0.0120. The number of benzene rings is 2. The Labute approximate surface area is 191 Å². The van der Waals surface area contributed by atoms with Gasteiger partial charge in [-0.1, -0.05) is 26.0 Å². The molecule has 2 aromatic carbocycles. The summed E-state index contributed by atoms with van der Waals surface area (Å²) in [6.07, 6.45) is 0.938. The number of rotatable bonds is 7. The third-order valence-electron chi connectivity index (χ3n) is 6.00. The molecule has 2 aromatic rings. The summed E-state index contributed by atoms with van der Waals surface area (Å²) < 4.78 is 5.88. The van der Waals surface area contributed by atoms with Crippen molar-refractivity contribution in [3.8, 4) is 5.75 Å². The predicted molar refractivity (Wildman–Crippen MR) is 128 cm³/mol. The van der Waals surface area contributed by atoms with Crippen LogP contribution in [0, 0.1) is 0 Å². The molecule has 0 aromatic heterocycles. The molecule has 0 radical (unpaired) electrons. The summed E-state index contributed by atoms with van der Waals surface area (Å²) in [5, 5.41) is 3.10. The van der Waals surface area contributed by atoms with Gasteiger partial charge in [-0.25, -0.2) is 0 Å². The lowest BCUT2D eigenvalue weighted by atomic mass is 10.0. The normalized spacial score (nSPS) is 15.4. The van der Waals surface area contributed by atoms with Crippen molar-refractivity contribution in [2.75, 3.05) is 32.1 Å². The third kappa shape index (κ3) is 6.02. The van der Waals surface area contributed by atoms with E-state index >= 15 is 0 Å². The minimum atomic E-state index is -0.541. The molecule has 1 aliphatic heterocycles. The Morgan fingerprint density at radius 2 is 1.56 bits per heavy atom. The van der Waals surface area contributed by atoms with Gasteiger partial charge in [0.2, 0.25) is 0 Å². The number of ether oxygens (including phenoxy) is 1. The van der Waals surface area contributed by atoms with Crippen LogP contribution in [-0.2, 0) is 4.79 Å². The Hall–Kier alpha value is -3.02. The molecule has 0 spiro atoms. The van der Waals surface area contributed by atoms with Crippen LogP contribution in [0.3, 0.4) is 0 Å². The Morgan fingerprint density at radius 3 is 2.09 bits per heavy atom. The summed E-state index contributed by atoms with van der Waals surface area (Å²) in [6, 6.07) is 15.6. The van der Waals surface area contributed by atoms with Crippen LogP contribution in [0.25, 0.3) is 0 Å². The van der Waals surface area contributed by atoms with Crippen LogP contribution in [0.4, 0.5) is 5.69 Å². The summed E-state index contributed by atoms with van der Waals surface area (Å²) in [6.45, 7) is 7.32. The summed E-state index contributed by atoms with van der Waals surface area (Å²) in [5.41, 5.74) is 2.95. The van der Waals surface area contributed by atoms with Crippen LogP contribution in [0.5, 0.6) is 5.75 Å². The topological polar surface area (TPSA) is 61.9 Å². The van der Waals surface area contributed by atoms with Crippen LogP contribution in [0.2, 0.25) is 0 Å². The minimum Gasteiger partial charge on any atom is -0.481 e. The quantitative estimate of drug-likeness (QED) is 0.710. The molecule has 172 valence electrons. The zero-order valence-corrected chi connectivity index (χ0v) is 19.8. The van der Waals surface area contributed by atoms with Gasteiger partial charge in [0.1, 0.15) is 5.75 Å². The Balaban J connectivity index is 1.46. The number of amides is 2. The molecule has 1 aliphatic rings. The maximum atomic E-state index is 12.8. The van der Waals surface area contributed by atoms with E-state index in [0.29, 0.717) is 30.3 Å². The van der Waals surface area contributed by atoms with Gasteiger partial charge in [0.05, 0.1) is 0 Å². The number of hydrogen-bond donors (Lipinski definition) is 1. The van der Waals surface area contributed by atoms with Crippen LogP contribution >= 0.6 is 0 Å². The molecule has 0 aliphatic carbocycles. The van der Waals surface area contributed by atoms with Crippen molar-refractivity contribution in [2.45, 2.75) is 51.7 Å². The van der Waals surface area contributed by atoms with E-state index in [1.165, 1.54) is 5.56 Å². The first-order valence-electron chi connectivity index (χ1n) is 11.4. The van der Waals surface area contributed by atoms with E-state index in [9.17, 15) is 9.59 Å². The van der Waals surface area contributed by atoms with E-state index in [4.69, 9.17) is 4.74 Å². The van der Waals surface area contributed by atoms with Gasteiger partial charge in [-0.05, 0) is 67.6 Å². The predicted octanol–water partition coefficient (Wildman–Crippen LogP) is 4.06. The molecule has 1 atom stereocenters. The van der Waals surface area contributed by atoms with Crippen LogP contribution in [0.1, 0.15) is 55.5 Å². The maximum absolute atomic E-state index is 12.8. The standard InChI is InChI=1S/C26H35N3O3/c1-18(2)20-8-12-24(13-9-20)32-19(3)26(31)29-16-14-22(15-17-29)27-25(30)21-6-10-23(11-7-21)28(4)5/h6-13,18-19,22H,14-17H2,1-5H3,(H,27,30). The van der Waals surface area contributed by atoms with Crippen molar-refractivity contribution >= 4 is 17.5 Å². The van der Waals surface area contributed by atoms with Gasteiger partial charge in [-0.2, -0.15) is 0 Å². The number of hydrogen-bond acceptors (Lipinski definition) is 4. The fourth-order valence-electron chi connectivity index (χ4n) is 3.87. The number of carbonyl (C=O) groups excluding carboxylic acids is 2. The third-order valence-corrected chi connectivity index (χ3v) is 6.00. The highest BCUT2D eigenvalue weighted by atomic mass is 16.5. The highest BCUT2D eigenvalue weighted by molar-refractivity contribution is 5.94.